The summed E-state index contributed by atoms with van der Waals surface area (Å²) in [4.78, 5) is 0. The van der Waals surface area contributed by atoms with Gasteiger partial charge in [0, 0.05) is 40.6 Å². The highest BCUT2D eigenvalue weighted by Crippen LogP contribution is 2.22. The van der Waals surface area contributed by atoms with Gasteiger partial charge in [-0.25, -0.2) is 0 Å². The van der Waals surface area contributed by atoms with E-state index in [2.05, 4.69) is 17.6 Å². The molecule has 0 saturated carbocycles. The smallest absolute Gasteiger partial charge is 0.121 e. The number of benzene rings is 2. The number of halogens is 2. The number of ether oxygens (including phenoxy) is 1. The fourth-order valence-corrected chi connectivity index (χ4v) is 2.51. The molecule has 0 saturated heterocycles. The summed E-state index contributed by atoms with van der Waals surface area (Å²) in [6.45, 7) is 4.37. The highest BCUT2D eigenvalue weighted by molar-refractivity contribution is 6.35. The van der Waals surface area contributed by atoms with Crippen molar-refractivity contribution in [3.8, 4) is 5.75 Å². The summed E-state index contributed by atoms with van der Waals surface area (Å²) in [6, 6.07) is 13.4. The summed E-state index contributed by atoms with van der Waals surface area (Å²) >= 11 is 11.9. The Kier molecular flexibility index (Phi) is 6.69. The predicted octanol–water partition coefficient (Wildman–Crippen LogP) is 5.31. The number of hydrogen-bond donors (Lipinski definition) is 2. The lowest BCUT2D eigenvalue weighted by molar-refractivity contribution is 0.317. The van der Waals surface area contributed by atoms with Crippen LogP contribution in [-0.2, 0) is 0 Å². The molecule has 2 N–H and O–H groups in total. The van der Waals surface area contributed by atoms with E-state index in [4.69, 9.17) is 27.9 Å². The van der Waals surface area contributed by atoms with E-state index in [0.29, 0.717) is 10.0 Å². The van der Waals surface area contributed by atoms with Crippen molar-refractivity contribution in [1.29, 1.82) is 0 Å². The summed E-state index contributed by atoms with van der Waals surface area (Å²) in [5.74, 6) is 0.890. The van der Waals surface area contributed by atoms with Crippen LogP contribution in [0.5, 0.6) is 5.75 Å². The van der Waals surface area contributed by atoms with E-state index >= 15 is 0 Å². The van der Waals surface area contributed by atoms with E-state index < -0.39 is 0 Å². The summed E-state index contributed by atoms with van der Waals surface area (Å²) < 4.78 is 5.61. The molecule has 3 nitrogen and oxygen atoms in total. The van der Waals surface area contributed by atoms with Gasteiger partial charge in [-0.2, -0.15) is 0 Å². The van der Waals surface area contributed by atoms with E-state index in [1.807, 2.05) is 36.4 Å². The third-order valence-electron chi connectivity index (χ3n) is 2.95. The van der Waals surface area contributed by atoms with Gasteiger partial charge < -0.3 is 15.4 Å². The van der Waals surface area contributed by atoms with E-state index in [9.17, 15) is 0 Å². The Hall–Kier alpha value is -1.58. The first kappa shape index (κ1) is 16.8. The third kappa shape index (κ3) is 5.66. The van der Waals surface area contributed by atoms with Crippen molar-refractivity contribution in [3.05, 3.63) is 52.5 Å². The van der Waals surface area contributed by atoms with Crippen LogP contribution >= 0.6 is 23.2 Å². The van der Waals surface area contributed by atoms with Gasteiger partial charge in [0.1, 0.15) is 5.75 Å². The average Bonchev–Trinajstić information content (AvgIpc) is 2.49. The lowest BCUT2D eigenvalue weighted by Crippen LogP contribution is -2.13. The third-order valence-corrected chi connectivity index (χ3v) is 3.39. The SMILES string of the molecule is CCCOc1cccc(NCCNc2cc(Cl)cc(Cl)c2)c1. The maximum Gasteiger partial charge on any atom is 0.121 e. The second kappa shape index (κ2) is 8.76. The first-order valence-electron chi connectivity index (χ1n) is 7.34. The molecule has 0 fully saturated rings. The Morgan fingerprint density at radius 1 is 0.909 bits per heavy atom. The molecule has 5 heteroatoms. The highest BCUT2D eigenvalue weighted by atomic mass is 35.5. The Morgan fingerprint density at radius 3 is 2.27 bits per heavy atom. The Morgan fingerprint density at radius 2 is 1.59 bits per heavy atom. The Bertz CT molecular complexity index is 585. The van der Waals surface area contributed by atoms with E-state index in [0.717, 1.165) is 43.2 Å². The average molecular weight is 339 g/mol. The van der Waals surface area contributed by atoms with Crippen molar-refractivity contribution in [2.45, 2.75) is 13.3 Å². The van der Waals surface area contributed by atoms with Crippen LogP contribution in [0.3, 0.4) is 0 Å². The van der Waals surface area contributed by atoms with Crippen LogP contribution in [0.4, 0.5) is 11.4 Å². The Balaban J connectivity index is 1.78. The number of hydrogen-bond acceptors (Lipinski definition) is 3. The minimum absolute atomic E-state index is 0.628. The van der Waals surface area contributed by atoms with Crippen LogP contribution in [-0.4, -0.2) is 19.7 Å². The van der Waals surface area contributed by atoms with Crippen LogP contribution in [0.25, 0.3) is 0 Å². The number of nitrogens with one attached hydrogen (secondary N) is 2. The van der Waals surface area contributed by atoms with Crippen molar-refractivity contribution in [2.24, 2.45) is 0 Å². The normalized spacial score (nSPS) is 10.3. The molecular weight excluding hydrogens is 319 g/mol. The molecule has 118 valence electrons. The van der Waals surface area contributed by atoms with Gasteiger partial charge in [0.2, 0.25) is 0 Å². The molecule has 2 aromatic carbocycles. The zero-order chi connectivity index (χ0) is 15.8. The molecule has 2 rings (SSSR count). The molecule has 22 heavy (non-hydrogen) atoms. The van der Waals surface area contributed by atoms with Crippen molar-refractivity contribution >= 4 is 34.6 Å². The van der Waals surface area contributed by atoms with Crippen molar-refractivity contribution in [1.82, 2.24) is 0 Å². The van der Waals surface area contributed by atoms with Gasteiger partial charge in [-0.15, -0.1) is 0 Å². The van der Waals surface area contributed by atoms with Crippen LogP contribution in [0.1, 0.15) is 13.3 Å². The zero-order valence-corrected chi connectivity index (χ0v) is 14.0. The Labute approximate surface area is 141 Å². The highest BCUT2D eigenvalue weighted by Gasteiger charge is 1.99. The molecule has 0 aromatic heterocycles. The molecule has 0 aliphatic carbocycles. The molecule has 0 heterocycles. The molecule has 0 atom stereocenters. The first-order valence-corrected chi connectivity index (χ1v) is 8.09. The predicted molar refractivity (Wildman–Crippen MR) is 95.7 cm³/mol. The first-order chi connectivity index (χ1) is 10.7. The largest absolute Gasteiger partial charge is 0.494 e. The summed E-state index contributed by atoms with van der Waals surface area (Å²) in [7, 11) is 0. The second-order valence-electron chi connectivity index (χ2n) is 4.89. The summed E-state index contributed by atoms with van der Waals surface area (Å²) in [5.41, 5.74) is 1.96. The van der Waals surface area contributed by atoms with Gasteiger partial charge in [0.25, 0.3) is 0 Å². The maximum absolute atomic E-state index is 5.96. The standard InChI is InChI=1S/C17H20Cl2N2O/c1-2-8-22-17-5-3-4-15(12-17)20-6-7-21-16-10-13(18)9-14(19)11-16/h3-5,9-12,20-21H,2,6-8H2,1H3. The molecule has 0 aliphatic heterocycles. The van der Waals surface area contributed by atoms with Gasteiger partial charge in [-0.05, 0) is 36.8 Å². The molecule has 0 aliphatic rings. The lowest BCUT2D eigenvalue weighted by atomic mass is 10.3. The minimum atomic E-state index is 0.628. The molecular formula is C17H20Cl2N2O. The van der Waals surface area contributed by atoms with Crippen molar-refractivity contribution < 1.29 is 4.74 Å². The van der Waals surface area contributed by atoms with Gasteiger partial charge in [0.15, 0.2) is 0 Å². The fraction of sp³-hybridized carbons (Fsp3) is 0.294. The zero-order valence-electron chi connectivity index (χ0n) is 12.5. The quantitative estimate of drug-likeness (QED) is 0.640. The van der Waals surface area contributed by atoms with Crippen molar-refractivity contribution in [2.75, 3.05) is 30.3 Å². The van der Waals surface area contributed by atoms with Crippen molar-refractivity contribution in [3.63, 3.8) is 0 Å². The number of rotatable bonds is 8. The van der Waals surface area contributed by atoms with Gasteiger partial charge in [0.05, 0.1) is 6.61 Å². The molecule has 0 unspecified atom stereocenters. The van der Waals surface area contributed by atoms with E-state index in [-0.39, 0.29) is 0 Å². The molecule has 2 aromatic rings. The minimum Gasteiger partial charge on any atom is -0.494 e. The molecule has 0 radical (unpaired) electrons. The maximum atomic E-state index is 5.96. The van der Waals surface area contributed by atoms with Crippen LogP contribution < -0.4 is 15.4 Å². The molecule has 0 spiro atoms. The molecule has 0 bridgehead atoms. The van der Waals surface area contributed by atoms with Crippen LogP contribution in [0.15, 0.2) is 42.5 Å². The monoisotopic (exact) mass is 338 g/mol. The summed E-state index contributed by atoms with van der Waals surface area (Å²) in [5, 5.41) is 7.89. The van der Waals surface area contributed by atoms with Gasteiger partial charge in [-0.3, -0.25) is 0 Å². The van der Waals surface area contributed by atoms with Crippen LogP contribution in [0.2, 0.25) is 10.0 Å². The summed E-state index contributed by atoms with van der Waals surface area (Å²) in [6.07, 6.45) is 1.00. The van der Waals surface area contributed by atoms with E-state index in [1.165, 1.54) is 0 Å². The second-order valence-corrected chi connectivity index (χ2v) is 5.76. The van der Waals surface area contributed by atoms with E-state index in [1.54, 1.807) is 6.07 Å². The molecule has 0 amide bonds. The van der Waals surface area contributed by atoms with Gasteiger partial charge >= 0.3 is 0 Å². The lowest BCUT2D eigenvalue weighted by Gasteiger charge is -2.11. The van der Waals surface area contributed by atoms with Crippen LogP contribution in [0, 0.1) is 0 Å². The van der Waals surface area contributed by atoms with Gasteiger partial charge in [-0.1, -0.05) is 36.2 Å². The topological polar surface area (TPSA) is 33.3 Å². The number of anilines is 2. The fourth-order valence-electron chi connectivity index (χ4n) is 1.99.